The molecule has 0 aliphatic carbocycles. The molecule has 0 bridgehead atoms. The van der Waals surface area contributed by atoms with Gasteiger partial charge in [-0.2, -0.15) is 0 Å². The zero-order valence-corrected chi connectivity index (χ0v) is 10.2. The molecule has 0 radical (unpaired) electrons. The highest BCUT2D eigenvalue weighted by molar-refractivity contribution is 6.36. The molecular weight excluding hydrogens is 245 g/mol. The number of hydrogen-bond donors (Lipinski definition) is 1. The maximum absolute atomic E-state index is 6.15. The predicted molar refractivity (Wildman–Crippen MR) is 66.1 cm³/mol. The van der Waals surface area contributed by atoms with Gasteiger partial charge in [0.2, 0.25) is 0 Å². The lowest BCUT2D eigenvalue weighted by Gasteiger charge is -2.17. The summed E-state index contributed by atoms with van der Waals surface area (Å²) in [6.45, 7) is 0. The Morgan fingerprint density at radius 3 is 2.31 bits per heavy atom. The van der Waals surface area contributed by atoms with Crippen LogP contribution in [0.15, 0.2) is 41.0 Å². The van der Waals surface area contributed by atoms with E-state index in [0.717, 1.165) is 11.3 Å². The zero-order valence-electron chi connectivity index (χ0n) is 8.71. The molecule has 0 saturated heterocycles. The van der Waals surface area contributed by atoms with Crippen LogP contribution in [-0.2, 0) is 0 Å². The second-order valence-corrected chi connectivity index (χ2v) is 4.19. The number of nitrogens with one attached hydrogen (secondary N) is 1. The minimum Gasteiger partial charge on any atom is -0.467 e. The summed E-state index contributed by atoms with van der Waals surface area (Å²) in [6, 6.07) is 9.05. The fourth-order valence-corrected chi connectivity index (χ4v) is 2.29. The Labute approximate surface area is 104 Å². The molecule has 1 heterocycles. The molecule has 1 aromatic heterocycles. The van der Waals surface area contributed by atoms with E-state index >= 15 is 0 Å². The van der Waals surface area contributed by atoms with Crippen LogP contribution in [-0.4, -0.2) is 7.05 Å². The molecule has 2 nitrogen and oxygen atoms in total. The van der Waals surface area contributed by atoms with Crippen molar-refractivity contribution in [2.45, 2.75) is 6.04 Å². The Morgan fingerprint density at radius 2 is 1.81 bits per heavy atom. The SMILES string of the molecule is CNC(c1ccco1)c1c(Cl)cccc1Cl. The van der Waals surface area contributed by atoms with E-state index in [2.05, 4.69) is 5.32 Å². The molecule has 1 aromatic carbocycles. The Balaban J connectivity index is 2.49. The standard InChI is InChI=1S/C12H11Cl2NO/c1-15-12(10-6-3-7-16-10)11-8(13)4-2-5-9(11)14/h2-7,12,15H,1H3. The van der Waals surface area contributed by atoms with Crippen molar-refractivity contribution in [2.75, 3.05) is 7.05 Å². The van der Waals surface area contributed by atoms with Crippen molar-refractivity contribution in [2.24, 2.45) is 0 Å². The van der Waals surface area contributed by atoms with Gasteiger partial charge in [0.15, 0.2) is 0 Å². The summed E-state index contributed by atoms with van der Waals surface area (Å²) in [5.74, 6) is 0.789. The Kier molecular flexibility index (Phi) is 3.54. The maximum atomic E-state index is 6.15. The average Bonchev–Trinajstić information content (AvgIpc) is 2.77. The highest BCUT2D eigenvalue weighted by Gasteiger charge is 2.20. The molecule has 1 N–H and O–H groups in total. The molecule has 4 heteroatoms. The van der Waals surface area contributed by atoms with Crippen molar-refractivity contribution >= 4 is 23.2 Å². The second kappa shape index (κ2) is 4.91. The van der Waals surface area contributed by atoms with Gasteiger partial charge in [-0.1, -0.05) is 29.3 Å². The summed E-state index contributed by atoms with van der Waals surface area (Å²) in [7, 11) is 1.84. The zero-order chi connectivity index (χ0) is 11.5. The molecule has 2 aromatic rings. The largest absolute Gasteiger partial charge is 0.467 e. The lowest BCUT2D eigenvalue weighted by Crippen LogP contribution is -2.17. The summed E-state index contributed by atoms with van der Waals surface area (Å²) in [4.78, 5) is 0. The monoisotopic (exact) mass is 255 g/mol. The summed E-state index contributed by atoms with van der Waals surface area (Å²) in [5.41, 5.74) is 0.836. The van der Waals surface area contributed by atoms with Gasteiger partial charge in [-0.3, -0.25) is 0 Å². The normalized spacial score (nSPS) is 12.7. The number of furan rings is 1. The van der Waals surface area contributed by atoms with Crippen molar-refractivity contribution in [1.82, 2.24) is 5.32 Å². The van der Waals surface area contributed by atoms with Crippen LogP contribution in [0.3, 0.4) is 0 Å². The van der Waals surface area contributed by atoms with Crippen LogP contribution < -0.4 is 5.32 Å². The molecular formula is C12H11Cl2NO. The predicted octanol–water partition coefficient (Wildman–Crippen LogP) is 3.90. The molecule has 0 saturated carbocycles. The first-order valence-corrected chi connectivity index (χ1v) is 5.64. The van der Waals surface area contributed by atoms with Gasteiger partial charge in [-0.15, -0.1) is 0 Å². The van der Waals surface area contributed by atoms with Crippen LogP contribution in [0.5, 0.6) is 0 Å². The third kappa shape index (κ3) is 2.09. The van der Waals surface area contributed by atoms with E-state index in [0.29, 0.717) is 10.0 Å². The summed E-state index contributed by atoms with van der Waals surface area (Å²) >= 11 is 12.3. The third-order valence-electron chi connectivity index (χ3n) is 2.40. The van der Waals surface area contributed by atoms with Gasteiger partial charge in [0.25, 0.3) is 0 Å². The molecule has 1 atom stereocenters. The molecule has 1 unspecified atom stereocenters. The second-order valence-electron chi connectivity index (χ2n) is 3.37. The van der Waals surface area contributed by atoms with Gasteiger partial charge in [0.1, 0.15) is 5.76 Å². The molecule has 0 aliphatic rings. The lowest BCUT2D eigenvalue weighted by atomic mass is 10.0. The Bertz CT molecular complexity index is 448. The van der Waals surface area contributed by atoms with Crippen LogP contribution >= 0.6 is 23.2 Å². The lowest BCUT2D eigenvalue weighted by molar-refractivity contribution is 0.463. The summed E-state index contributed by atoms with van der Waals surface area (Å²) in [5, 5.41) is 4.40. The van der Waals surface area contributed by atoms with Crippen LogP contribution in [0.25, 0.3) is 0 Å². The van der Waals surface area contributed by atoms with E-state index in [1.54, 1.807) is 6.26 Å². The molecule has 0 fully saturated rings. The highest BCUT2D eigenvalue weighted by atomic mass is 35.5. The Hall–Kier alpha value is -0.960. The summed E-state index contributed by atoms with van der Waals surface area (Å²) < 4.78 is 5.37. The topological polar surface area (TPSA) is 25.2 Å². The molecule has 0 aliphatic heterocycles. The van der Waals surface area contributed by atoms with E-state index in [4.69, 9.17) is 27.6 Å². The van der Waals surface area contributed by atoms with Gasteiger partial charge < -0.3 is 9.73 Å². The fraction of sp³-hybridized carbons (Fsp3) is 0.167. The van der Waals surface area contributed by atoms with Gasteiger partial charge in [0, 0.05) is 15.6 Å². The van der Waals surface area contributed by atoms with E-state index in [1.165, 1.54) is 0 Å². The van der Waals surface area contributed by atoms with E-state index in [-0.39, 0.29) is 6.04 Å². The van der Waals surface area contributed by atoms with Gasteiger partial charge in [-0.05, 0) is 31.3 Å². The number of benzene rings is 1. The summed E-state index contributed by atoms with van der Waals surface area (Å²) in [6.07, 6.45) is 1.63. The van der Waals surface area contributed by atoms with Crippen molar-refractivity contribution in [3.05, 3.63) is 58.0 Å². The fourth-order valence-electron chi connectivity index (χ4n) is 1.67. The molecule has 0 amide bonds. The van der Waals surface area contributed by atoms with Crippen molar-refractivity contribution in [3.63, 3.8) is 0 Å². The van der Waals surface area contributed by atoms with Crippen LogP contribution in [0.1, 0.15) is 17.4 Å². The minimum absolute atomic E-state index is 0.129. The van der Waals surface area contributed by atoms with E-state index in [9.17, 15) is 0 Å². The smallest absolute Gasteiger partial charge is 0.125 e. The first-order chi connectivity index (χ1) is 7.74. The number of rotatable bonds is 3. The van der Waals surface area contributed by atoms with Gasteiger partial charge >= 0.3 is 0 Å². The Morgan fingerprint density at radius 1 is 1.12 bits per heavy atom. The van der Waals surface area contributed by atoms with Gasteiger partial charge in [-0.25, -0.2) is 0 Å². The van der Waals surface area contributed by atoms with Crippen molar-refractivity contribution < 1.29 is 4.42 Å². The van der Waals surface area contributed by atoms with Crippen molar-refractivity contribution in [3.8, 4) is 0 Å². The number of halogens is 2. The quantitative estimate of drug-likeness (QED) is 0.901. The minimum atomic E-state index is -0.129. The maximum Gasteiger partial charge on any atom is 0.125 e. The van der Waals surface area contributed by atoms with Crippen LogP contribution in [0.4, 0.5) is 0 Å². The van der Waals surface area contributed by atoms with Crippen molar-refractivity contribution in [1.29, 1.82) is 0 Å². The van der Waals surface area contributed by atoms with Crippen LogP contribution in [0.2, 0.25) is 10.0 Å². The van der Waals surface area contributed by atoms with E-state index in [1.807, 2.05) is 37.4 Å². The van der Waals surface area contributed by atoms with Gasteiger partial charge in [0.05, 0.1) is 12.3 Å². The molecule has 16 heavy (non-hydrogen) atoms. The molecule has 84 valence electrons. The first-order valence-electron chi connectivity index (χ1n) is 4.88. The van der Waals surface area contributed by atoms with E-state index < -0.39 is 0 Å². The molecule has 0 spiro atoms. The average molecular weight is 256 g/mol. The highest BCUT2D eigenvalue weighted by Crippen LogP contribution is 2.33. The molecule has 2 rings (SSSR count). The number of hydrogen-bond acceptors (Lipinski definition) is 2. The third-order valence-corrected chi connectivity index (χ3v) is 3.06. The van der Waals surface area contributed by atoms with Crippen LogP contribution in [0, 0.1) is 0 Å². The first kappa shape index (κ1) is 11.5.